The predicted molar refractivity (Wildman–Crippen MR) is 132 cm³/mol. The number of nitrogens with zero attached hydrogens (tertiary/aromatic N) is 2. The zero-order chi connectivity index (χ0) is 24.7. The van der Waals surface area contributed by atoms with Crippen LogP contribution < -0.4 is 14.5 Å². The molecule has 1 aromatic heterocycles. The van der Waals surface area contributed by atoms with Crippen LogP contribution in [-0.4, -0.2) is 41.3 Å². The standard InChI is InChI=1S/C25H22N2O6S2/c1-3-33-17(28)13-26-24-21(35-25(26)31)18(15-11-7-8-12-16(15)32-2)19-20(34-24)23(30)27(22(19)29)14-9-5-4-6-10-14/h4-12,18-20H,3,13H2,1-2H3/t18-,19?,20?/m1/s1. The van der Waals surface area contributed by atoms with E-state index in [2.05, 4.69) is 0 Å². The lowest BCUT2D eigenvalue weighted by atomic mass is 9.82. The van der Waals surface area contributed by atoms with Crippen molar-refractivity contribution in [2.75, 3.05) is 18.6 Å². The fraction of sp³-hybridized carbons (Fsp3) is 0.280. The van der Waals surface area contributed by atoms with Gasteiger partial charge in [0.1, 0.15) is 17.5 Å². The molecule has 5 rings (SSSR count). The fourth-order valence-electron chi connectivity index (χ4n) is 4.68. The number of thiazole rings is 1. The molecular weight excluding hydrogens is 488 g/mol. The number of anilines is 1. The SMILES string of the molecule is CCOC(=O)Cn1c2c(sc1=O)[C@H](c1ccccc1OC)C1C(=O)N(c3ccccc3)C(=O)C1S2. The molecule has 1 saturated heterocycles. The van der Waals surface area contributed by atoms with Crippen LogP contribution in [0.4, 0.5) is 5.69 Å². The molecule has 0 spiro atoms. The molecule has 0 bridgehead atoms. The summed E-state index contributed by atoms with van der Waals surface area (Å²) < 4.78 is 12.0. The van der Waals surface area contributed by atoms with Gasteiger partial charge < -0.3 is 9.47 Å². The normalized spacial score (nSPS) is 21.0. The van der Waals surface area contributed by atoms with Crippen molar-refractivity contribution < 1.29 is 23.9 Å². The Balaban J connectivity index is 1.68. The fourth-order valence-corrected chi connectivity index (χ4v) is 7.45. The summed E-state index contributed by atoms with van der Waals surface area (Å²) in [5.41, 5.74) is 1.22. The first kappa shape index (κ1) is 23.4. The van der Waals surface area contributed by atoms with Crippen molar-refractivity contribution in [1.82, 2.24) is 4.57 Å². The zero-order valence-electron chi connectivity index (χ0n) is 19.0. The van der Waals surface area contributed by atoms with E-state index < -0.39 is 23.1 Å². The molecule has 0 aliphatic carbocycles. The Morgan fingerprint density at radius 1 is 1.00 bits per heavy atom. The Morgan fingerprint density at radius 3 is 2.43 bits per heavy atom. The van der Waals surface area contributed by atoms with E-state index in [1.54, 1.807) is 44.4 Å². The molecule has 2 unspecified atom stereocenters. The number of imide groups is 1. The Bertz CT molecular complexity index is 1370. The van der Waals surface area contributed by atoms with Gasteiger partial charge in [0.2, 0.25) is 11.8 Å². The molecule has 180 valence electrons. The Labute approximate surface area is 209 Å². The highest BCUT2D eigenvalue weighted by Crippen LogP contribution is 2.55. The molecule has 35 heavy (non-hydrogen) atoms. The molecule has 3 atom stereocenters. The third-order valence-corrected chi connectivity index (χ3v) is 8.73. The van der Waals surface area contributed by atoms with Crippen molar-refractivity contribution in [2.45, 2.75) is 29.7 Å². The topological polar surface area (TPSA) is 94.9 Å². The van der Waals surface area contributed by atoms with Gasteiger partial charge in [-0.2, -0.15) is 0 Å². The van der Waals surface area contributed by atoms with E-state index in [1.807, 2.05) is 24.3 Å². The van der Waals surface area contributed by atoms with Crippen LogP contribution in [0.2, 0.25) is 0 Å². The summed E-state index contributed by atoms with van der Waals surface area (Å²) >= 11 is 2.16. The number of aromatic nitrogens is 1. The van der Waals surface area contributed by atoms with Crippen LogP contribution in [0.15, 0.2) is 64.4 Å². The number of ether oxygens (including phenoxy) is 2. The van der Waals surface area contributed by atoms with E-state index in [9.17, 15) is 19.2 Å². The minimum absolute atomic E-state index is 0.195. The molecular formula is C25H22N2O6S2. The summed E-state index contributed by atoms with van der Waals surface area (Å²) in [4.78, 5) is 54.2. The number of hydrogen-bond donors (Lipinski definition) is 0. The second-order valence-electron chi connectivity index (χ2n) is 8.06. The molecule has 1 fully saturated rings. The van der Waals surface area contributed by atoms with Crippen molar-refractivity contribution in [3.05, 3.63) is 74.7 Å². The van der Waals surface area contributed by atoms with Crippen LogP contribution >= 0.6 is 23.1 Å². The molecule has 0 N–H and O–H groups in total. The summed E-state index contributed by atoms with van der Waals surface area (Å²) in [7, 11) is 1.54. The molecule has 2 aliphatic rings. The average Bonchev–Trinajstić information content (AvgIpc) is 3.31. The first-order valence-electron chi connectivity index (χ1n) is 11.1. The number of esters is 1. The van der Waals surface area contributed by atoms with Crippen LogP contribution in [0.3, 0.4) is 0 Å². The molecule has 2 aliphatic heterocycles. The molecule has 2 amide bonds. The van der Waals surface area contributed by atoms with E-state index in [0.717, 1.165) is 11.3 Å². The molecule has 3 heterocycles. The molecule has 0 radical (unpaired) electrons. The van der Waals surface area contributed by atoms with E-state index in [1.165, 1.54) is 21.2 Å². The van der Waals surface area contributed by atoms with Crippen LogP contribution in [0, 0.1) is 5.92 Å². The highest BCUT2D eigenvalue weighted by molar-refractivity contribution is 8.00. The number of rotatable bonds is 6. The minimum atomic E-state index is -0.757. The lowest BCUT2D eigenvalue weighted by Crippen LogP contribution is -2.33. The number of para-hydroxylation sites is 2. The summed E-state index contributed by atoms with van der Waals surface area (Å²) in [6.45, 7) is 1.63. The highest BCUT2D eigenvalue weighted by atomic mass is 32.2. The number of hydrogen-bond acceptors (Lipinski definition) is 8. The maximum atomic E-state index is 13.8. The van der Waals surface area contributed by atoms with E-state index in [-0.39, 0.29) is 29.8 Å². The Morgan fingerprint density at radius 2 is 1.71 bits per heavy atom. The monoisotopic (exact) mass is 510 g/mol. The molecule has 0 saturated carbocycles. The van der Waals surface area contributed by atoms with Crippen LogP contribution in [-0.2, 0) is 25.7 Å². The second-order valence-corrected chi connectivity index (χ2v) is 10.2. The number of methoxy groups -OCH3 is 1. The van der Waals surface area contributed by atoms with Crippen LogP contribution in [0.25, 0.3) is 0 Å². The van der Waals surface area contributed by atoms with Crippen molar-refractivity contribution in [1.29, 1.82) is 0 Å². The lowest BCUT2D eigenvalue weighted by molar-refractivity contribution is -0.144. The number of carbonyl (C=O) groups excluding carboxylic acids is 3. The highest BCUT2D eigenvalue weighted by Gasteiger charge is 2.57. The van der Waals surface area contributed by atoms with E-state index in [4.69, 9.17) is 9.47 Å². The van der Waals surface area contributed by atoms with Crippen LogP contribution in [0.5, 0.6) is 5.75 Å². The first-order chi connectivity index (χ1) is 17.0. The van der Waals surface area contributed by atoms with Gasteiger partial charge in [-0.05, 0) is 25.1 Å². The summed E-state index contributed by atoms with van der Waals surface area (Å²) in [5.74, 6) is -1.96. The predicted octanol–water partition coefficient (Wildman–Crippen LogP) is 3.28. The molecule has 10 heteroatoms. The van der Waals surface area contributed by atoms with E-state index in [0.29, 0.717) is 26.9 Å². The summed E-state index contributed by atoms with van der Waals surface area (Å²) in [5, 5.41) is -0.242. The average molecular weight is 511 g/mol. The third-order valence-electron chi connectivity index (χ3n) is 6.13. The lowest BCUT2D eigenvalue weighted by Gasteiger charge is -2.31. The van der Waals surface area contributed by atoms with Crippen molar-refractivity contribution >= 4 is 46.6 Å². The smallest absolute Gasteiger partial charge is 0.326 e. The number of carbonyl (C=O) groups is 3. The number of amides is 2. The van der Waals surface area contributed by atoms with Gasteiger partial charge in [-0.3, -0.25) is 23.7 Å². The van der Waals surface area contributed by atoms with Gasteiger partial charge in [0.05, 0.1) is 30.3 Å². The minimum Gasteiger partial charge on any atom is -0.496 e. The van der Waals surface area contributed by atoms with Gasteiger partial charge in [0.25, 0.3) is 0 Å². The van der Waals surface area contributed by atoms with Crippen LogP contribution in [0.1, 0.15) is 23.3 Å². The largest absolute Gasteiger partial charge is 0.496 e. The van der Waals surface area contributed by atoms with Crippen molar-refractivity contribution in [2.24, 2.45) is 5.92 Å². The van der Waals surface area contributed by atoms with Crippen molar-refractivity contribution in [3.8, 4) is 5.75 Å². The summed E-state index contributed by atoms with van der Waals surface area (Å²) in [6.07, 6.45) is 0. The van der Waals surface area contributed by atoms with Crippen molar-refractivity contribution in [3.63, 3.8) is 0 Å². The maximum absolute atomic E-state index is 13.8. The van der Waals surface area contributed by atoms with Gasteiger partial charge in [-0.1, -0.05) is 59.5 Å². The van der Waals surface area contributed by atoms with Gasteiger partial charge in [0.15, 0.2) is 0 Å². The van der Waals surface area contributed by atoms with Gasteiger partial charge >= 0.3 is 10.8 Å². The second kappa shape index (κ2) is 9.35. The maximum Gasteiger partial charge on any atom is 0.326 e. The van der Waals surface area contributed by atoms with Gasteiger partial charge in [-0.25, -0.2) is 4.90 Å². The van der Waals surface area contributed by atoms with Gasteiger partial charge in [0, 0.05) is 16.4 Å². The molecule has 8 nitrogen and oxygen atoms in total. The summed E-state index contributed by atoms with van der Waals surface area (Å²) in [6, 6.07) is 16.1. The van der Waals surface area contributed by atoms with E-state index >= 15 is 0 Å². The third kappa shape index (κ3) is 3.86. The number of benzene rings is 2. The Kier molecular flexibility index (Phi) is 6.24. The Hall–Kier alpha value is -3.37. The number of fused-ring (bicyclic) bond motifs is 2. The zero-order valence-corrected chi connectivity index (χ0v) is 20.6. The number of thioether (sulfide) groups is 1. The quantitative estimate of drug-likeness (QED) is 0.371. The first-order valence-corrected chi connectivity index (χ1v) is 12.8. The molecule has 2 aromatic carbocycles. The molecule has 3 aromatic rings. The van der Waals surface area contributed by atoms with Gasteiger partial charge in [-0.15, -0.1) is 0 Å².